The van der Waals surface area contributed by atoms with Gasteiger partial charge in [-0.3, -0.25) is 9.52 Å². The quantitative estimate of drug-likeness (QED) is 0.540. The first kappa shape index (κ1) is 25.7. The SMILES string of the molecule is CCC1SC(=O)N(Cc2ccc(NS(C)(=O)=O)cc2)N=C1c1ccc(OC)c(OC(F)(F)F)c1. The maximum Gasteiger partial charge on any atom is 0.573 e. The van der Waals surface area contributed by atoms with Crippen LogP contribution in [0.1, 0.15) is 24.5 Å². The molecule has 1 amide bonds. The normalized spacial score (nSPS) is 16.8. The average Bonchev–Trinajstić information content (AvgIpc) is 2.74. The third-order valence-electron chi connectivity index (χ3n) is 4.63. The lowest BCUT2D eigenvalue weighted by molar-refractivity contribution is -0.275. The molecule has 8 nitrogen and oxygen atoms in total. The van der Waals surface area contributed by atoms with Crippen LogP contribution in [0.25, 0.3) is 0 Å². The summed E-state index contributed by atoms with van der Waals surface area (Å²) in [5.74, 6) is -0.596. The number of hydrogen-bond donors (Lipinski definition) is 1. The summed E-state index contributed by atoms with van der Waals surface area (Å²) in [6, 6.07) is 10.5. The number of nitrogens with one attached hydrogen (secondary N) is 1. The maximum absolute atomic E-state index is 12.8. The lowest BCUT2D eigenvalue weighted by atomic mass is 10.0. The fourth-order valence-corrected chi connectivity index (χ4v) is 4.70. The summed E-state index contributed by atoms with van der Waals surface area (Å²) in [5, 5.41) is 4.99. The zero-order chi connectivity index (χ0) is 25.1. The number of hydrogen-bond acceptors (Lipinski definition) is 7. The summed E-state index contributed by atoms with van der Waals surface area (Å²) < 4.78 is 72.7. The van der Waals surface area contributed by atoms with Crippen molar-refractivity contribution in [3.8, 4) is 11.5 Å². The predicted molar refractivity (Wildman–Crippen MR) is 124 cm³/mol. The molecule has 0 spiro atoms. The van der Waals surface area contributed by atoms with Crippen molar-refractivity contribution in [3.05, 3.63) is 53.6 Å². The molecule has 0 radical (unpaired) electrons. The summed E-state index contributed by atoms with van der Waals surface area (Å²) in [7, 11) is -2.19. The van der Waals surface area contributed by atoms with Crippen LogP contribution in [0.5, 0.6) is 11.5 Å². The van der Waals surface area contributed by atoms with E-state index in [1.807, 2.05) is 6.92 Å². The topological polar surface area (TPSA) is 97.3 Å². The number of carbonyl (C=O) groups excluding carboxylic acids is 1. The van der Waals surface area contributed by atoms with Crippen molar-refractivity contribution in [2.45, 2.75) is 31.5 Å². The maximum atomic E-state index is 12.8. The van der Waals surface area contributed by atoms with E-state index in [0.717, 1.165) is 18.0 Å². The van der Waals surface area contributed by atoms with Gasteiger partial charge >= 0.3 is 11.6 Å². The van der Waals surface area contributed by atoms with Gasteiger partial charge in [-0.1, -0.05) is 30.8 Å². The molecule has 1 N–H and O–H groups in total. The van der Waals surface area contributed by atoms with Crippen molar-refractivity contribution in [3.63, 3.8) is 0 Å². The first-order valence-electron chi connectivity index (χ1n) is 9.96. The molecule has 2 aromatic carbocycles. The largest absolute Gasteiger partial charge is 0.573 e. The monoisotopic (exact) mass is 517 g/mol. The first-order chi connectivity index (χ1) is 15.9. The Morgan fingerprint density at radius 2 is 1.82 bits per heavy atom. The smallest absolute Gasteiger partial charge is 0.493 e. The van der Waals surface area contributed by atoms with Crippen LogP contribution in [0.15, 0.2) is 47.6 Å². The van der Waals surface area contributed by atoms with Gasteiger partial charge in [-0.2, -0.15) is 5.10 Å². The Labute approximate surface area is 199 Å². The number of hydrazone groups is 1. The molecule has 0 bridgehead atoms. The number of halogens is 3. The number of thioether (sulfide) groups is 1. The van der Waals surface area contributed by atoms with Gasteiger partial charge in [0.25, 0.3) is 0 Å². The Kier molecular flexibility index (Phi) is 7.66. The van der Waals surface area contributed by atoms with Gasteiger partial charge in [0, 0.05) is 11.3 Å². The van der Waals surface area contributed by atoms with E-state index in [1.165, 1.54) is 24.3 Å². The molecule has 1 unspecified atom stereocenters. The second-order valence-electron chi connectivity index (χ2n) is 7.31. The van der Waals surface area contributed by atoms with E-state index in [4.69, 9.17) is 4.74 Å². The summed E-state index contributed by atoms with van der Waals surface area (Å²) >= 11 is 1.03. The highest BCUT2D eigenvalue weighted by atomic mass is 32.2. The first-order valence-corrected chi connectivity index (χ1v) is 12.7. The van der Waals surface area contributed by atoms with Crippen LogP contribution in [-0.2, 0) is 16.6 Å². The van der Waals surface area contributed by atoms with Gasteiger partial charge in [0.15, 0.2) is 11.5 Å². The molecule has 0 saturated heterocycles. The van der Waals surface area contributed by atoms with Gasteiger partial charge in [-0.05, 0) is 42.3 Å². The molecule has 2 aromatic rings. The number of amides is 1. The average molecular weight is 518 g/mol. The minimum Gasteiger partial charge on any atom is -0.493 e. The van der Waals surface area contributed by atoms with E-state index in [-0.39, 0.29) is 22.8 Å². The van der Waals surface area contributed by atoms with Crippen molar-refractivity contribution in [1.29, 1.82) is 0 Å². The second-order valence-corrected chi connectivity index (χ2v) is 10.2. The molecular weight excluding hydrogens is 495 g/mol. The van der Waals surface area contributed by atoms with E-state index in [0.29, 0.717) is 28.9 Å². The molecule has 184 valence electrons. The van der Waals surface area contributed by atoms with Gasteiger partial charge < -0.3 is 9.47 Å². The molecule has 0 aromatic heterocycles. The highest BCUT2D eigenvalue weighted by Gasteiger charge is 2.34. The number of carbonyl (C=O) groups is 1. The summed E-state index contributed by atoms with van der Waals surface area (Å²) in [4.78, 5) is 12.7. The Hall–Kier alpha value is -2.93. The number of anilines is 1. The lowest BCUT2D eigenvalue weighted by Gasteiger charge is -2.28. The summed E-state index contributed by atoms with van der Waals surface area (Å²) in [5.41, 5.74) is 1.85. The number of nitrogens with zero attached hydrogens (tertiary/aromatic N) is 2. The third-order valence-corrected chi connectivity index (χ3v) is 6.49. The molecule has 3 rings (SSSR count). The molecule has 34 heavy (non-hydrogen) atoms. The van der Waals surface area contributed by atoms with Gasteiger partial charge in [-0.25, -0.2) is 13.4 Å². The Morgan fingerprint density at radius 3 is 2.38 bits per heavy atom. The van der Waals surface area contributed by atoms with Crippen LogP contribution in [0.4, 0.5) is 23.7 Å². The number of benzene rings is 2. The van der Waals surface area contributed by atoms with Crippen LogP contribution < -0.4 is 14.2 Å². The minimum absolute atomic E-state index is 0.0890. The van der Waals surface area contributed by atoms with Gasteiger partial charge in [0.05, 0.1) is 30.9 Å². The van der Waals surface area contributed by atoms with Crippen molar-refractivity contribution < 1.29 is 35.9 Å². The van der Waals surface area contributed by atoms with Gasteiger partial charge in [0.1, 0.15) is 0 Å². The van der Waals surface area contributed by atoms with E-state index in [9.17, 15) is 26.4 Å². The zero-order valence-electron chi connectivity index (χ0n) is 18.4. The Bertz CT molecular complexity index is 1190. The highest BCUT2D eigenvalue weighted by Crippen LogP contribution is 2.36. The number of sulfonamides is 1. The van der Waals surface area contributed by atoms with Gasteiger partial charge in [-0.15, -0.1) is 13.2 Å². The molecule has 0 fully saturated rings. The van der Waals surface area contributed by atoms with Crippen molar-refractivity contribution in [2.24, 2.45) is 5.10 Å². The molecule has 0 aliphatic carbocycles. The molecule has 1 atom stereocenters. The predicted octanol–water partition coefficient (Wildman–Crippen LogP) is 4.82. The van der Waals surface area contributed by atoms with E-state index in [2.05, 4.69) is 14.6 Å². The fraction of sp³-hybridized carbons (Fsp3) is 0.333. The molecule has 1 aliphatic rings. The van der Waals surface area contributed by atoms with Crippen molar-refractivity contribution in [1.82, 2.24) is 5.01 Å². The molecular formula is C21H22F3N3O5S2. The number of methoxy groups -OCH3 is 1. The number of alkyl halides is 3. The third kappa shape index (κ3) is 6.79. The van der Waals surface area contributed by atoms with Crippen LogP contribution in [0.2, 0.25) is 0 Å². The molecule has 13 heteroatoms. The molecule has 0 saturated carbocycles. The standard InChI is InChI=1S/C21H22F3N3O5S2/c1-4-18-19(14-7-10-16(31-2)17(11-14)32-21(22,23)24)25-27(20(28)33-18)12-13-5-8-15(9-6-13)26-34(3,29)30/h5-11,18,26H,4,12H2,1-3H3. The number of rotatable bonds is 8. The fourth-order valence-electron chi connectivity index (χ4n) is 3.20. The second kappa shape index (κ2) is 10.1. The van der Waals surface area contributed by atoms with Crippen LogP contribution in [0, 0.1) is 0 Å². The highest BCUT2D eigenvalue weighted by molar-refractivity contribution is 8.14. The molecule has 1 aliphatic heterocycles. The lowest BCUT2D eigenvalue weighted by Crippen LogP contribution is -2.34. The number of ether oxygens (including phenoxy) is 2. The minimum atomic E-state index is -4.90. The van der Waals surface area contributed by atoms with Crippen molar-refractivity contribution >= 4 is 38.4 Å². The summed E-state index contributed by atoms with van der Waals surface area (Å²) in [6.07, 6.45) is -3.34. The zero-order valence-corrected chi connectivity index (χ0v) is 20.1. The Balaban J connectivity index is 1.91. The molecule has 1 heterocycles. The van der Waals surface area contributed by atoms with Crippen molar-refractivity contribution in [2.75, 3.05) is 18.1 Å². The van der Waals surface area contributed by atoms with Crippen LogP contribution >= 0.6 is 11.8 Å². The van der Waals surface area contributed by atoms with Gasteiger partial charge in [0.2, 0.25) is 10.0 Å². The van der Waals surface area contributed by atoms with E-state index in [1.54, 1.807) is 30.3 Å². The van der Waals surface area contributed by atoms with E-state index < -0.39 is 22.1 Å². The summed E-state index contributed by atoms with van der Waals surface area (Å²) in [6.45, 7) is 1.94. The Morgan fingerprint density at radius 1 is 1.15 bits per heavy atom. The van der Waals surface area contributed by atoms with E-state index >= 15 is 0 Å². The van der Waals surface area contributed by atoms with Crippen LogP contribution in [-0.4, -0.2) is 49.4 Å². The van der Waals surface area contributed by atoms with Crippen LogP contribution in [0.3, 0.4) is 0 Å².